The van der Waals surface area contributed by atoms with E-state index in [4.69, 9.17) is 17.0 Å². The van der Waals surface area contributed by atoms with E-state index in [0.717, 1.165) is 33.1 Å². The van der Waals surface area contributed by atoms with Crippen LogP contribution in [0.5, 0.6) is 5.75 Å². The molecular formula is C13H18N2OS2. The van der Waals surface area contributed by atoms with Gasteiger partial charge in [0.05, 0.1) is 12.6 Å². The van der Waals surface area contributed by atoms with Gasteiger partial charge in [-0.3, -0.25) is 0 Å². The summed E-state index contributed by atoms with van der Waals surface area (Å²) < 4.78 is 8.30. The van der Waals surface area contributed by atoms with Crippen molar-refractivity contribution in [2.24, 2.45) is 0 Å². The Morgan fingerprint density at radius 2 is 2.28 bits per heavy atom. The van der Waals surface area contributed by atoms with Crippen LogP contribution in [0.15, 0.2) is 18.2 Å². The lowest BCUT2D eigenvalue weighted by atomic mass is 10.2. The van der Waals surface area contributed by atoms with Gasteiger partial charge >= 0.3 is 0 Å². The Balaban J connectivity index is 2.51. The van der Waals surface area contributed by atoms with Crippen LogP contribution in [0.4, 0.5) is 0 Å². The summed E-state index contributed by atoms with van der Waals surface area (Å²) in [6, 6.07) is 6.41. The van der Waals surface area contributed by atoms with Gasteiger partial charge in [0.2, 0.25) is 0 Å². The van der Waals surface area contributed by atoms with Crippen LogP contribution >= 0.6 is 24.0 Å². The number of H-pyrrole nitrogens is 1. The van der Waals surface area contributed by atoms with E-state index in [9.17, 15) is 0 Å². The molecule has 0 saturated carbocycles. The fraction of sp³-hybridized carbons (Fsp3) is 0.462. The molecule has 2 rings (SSSR count). The first-order chi connectivity index (χ1) is 8.69. The van der Waals surface area contributed by atoms with Gasteiger partial charge < -0.3 is 14.3 Å². The number of nitrogens with zero attached hydrogens (tertiary/aromatic N) is 1. The topological polar surface area (TPSA) is 29.9 Å². The van der Waals surface area contributed by atoms with Crippen LogP contribution < -0.4 is 4.74 Å². The van der Waals surface area contributed by atoms with E-state index in [1.807, 2.05) is 23.9 Å². The molecular weight excluding hydrogens is 264 g/mol. The molecule has 98 valence electrons. The molecule has 1 N–H and O–H groups in total. The predicted molar refractivity (Wildman–Crippen MR) is 81.4 cm³/mol. The monoisotopic (exact) mass is 282 g/mol. The molecule has 3 nitrogen and oxygen atoms in total. The van der Waals surface area contributed by atoms with Crippen LogP contribution in [0, 0.1) is 4.77 Å². The van der Waals surface area contributed by atoms with Crippen LogP contribution in [0.2, 0.25) is 0 Å². The van der Waals surface area contributed by atoms with E-state index in [1.54, 1.807) is 7.11 Å². The molecule has 1 atom stereocenters. The molecule has 1 heterocycles. The lowest BCUT2D eigenvalue weighted by molar-refractivity contribution is 0.419. The van der Waals surface area contributed by atoms with Gasteiger partial charge in [-0.05, 0) is 37.0 Å². The van der Waals surface area contributed by atoms with Crippen LogP contribution in [0.3, 0.4) is 0 Å². The van der Waals surface area contributed by atoms with Gasteiger partial charge in [-0.1, -0.05) is 13.0 Å². The van der Waals surface area contributed by atoms with Crippen molar-refractivity contribution in [3.8, 4) is 5.75 Å². The summed E-state index contributed by atoms with van der Waals surface area (Å²) in [7, 11) is 1.68. The van der Waals surface area contributed by atoms with E-state index < -0.39 is 0 Å². The molecule has 0 aliphatic rings. The van der Waals surface area contributed by atoms with E-state index in [2.05, 4.69) is 29.5 Å². The number of nitrogens with one attached hydrogen (secondary N) is 1. The maximum atomic E-state index is 5.43. The van der Waals surface area contributed by atoms with Crippen molar-refractivity contribution in [1.29, 1.82) is 0 Å². The smallest absolute Gasteiger partial charge is 0.178 e. The number of aromatic nitrogens is 2. The number of ether oxygens (including phenoxy) is 1. The summed E-state index contributed by atoms with van der Waals surface area (Å²) in [6.45, 7) is 4.38. The van der Waals surface area contributed by atoms with Gasteiger partial charge in [-0.2, -0.15) is 11.8 Å². The van der Waals surface area contributed by atoms with E-state index >= 15 is 0 Å². The minimum atomic E-state index is 0.378. The summed E-state index contributed by atoms with van der Waals surface area (Å²) >= 11 is 7.36. The zero-order chi connectivity index (χ0) is 13.1. The minimum absolute atomic E-state index is 0.378. The number of methoxy groups -OCH3 is 1. The molecule has 0 fully saturated rings. The average Bonchev–Trinajstić information content (AvgIpc) is 2.71. The molecule has 0 radical (unpaired) electrons. The lowest BCUT2D eigenvalue weighted by Crippen LogP contribution is -2.07. The van der Waals surface area contributed by atoms with Crippen molar-refractivity contribution in [2.45, 2.75) is 19.9 Å². The molecule has 1 unspecified atom stereocenters. The standard InChI is InChI=1S/C13H18N2OS2/c1-4-18-8-9(2)15-10-6-5-7-11(16-3)12(10)14-13(15)17/h5-7,9H,4,8H2,1-3H3,(H,14,17). The minimum Gasteiger partial charge on any atom is -0.494 e. The van der Waals surface area contributed by atoms with Gasteiger partial charge in [0.15, 0.2) is 4.77 Å². The van der Waals surface area contributed by atoms with Crippen molar-refractivity contribution < 1.29 is 4.74 Å². The summed E-state index contributed by atoms with van der Waals surface area (Å²) in [5.74, 6) is 3.03. The highest BCUT2D eigenvalue weighted by molar-refractivity contribution is 7.99. The summed E-state index contributed by atoms with van der Waals surface area (Å²) in [5.41, 5.74) is 2.10. The maximum Gasteiger partial charge on any atom is 0.178 e. The molecule has 0 spiro atoms. The maximum absolute atomic E-state index is 5.43. The molecule has 1 aromatic heterocycles. The van der Waals surface area contributed by atoms with E-state index in [0.29, 0.717) is 6.04 Å². The first-order valence-corrected chi connectivity index (χ1v) is 7.60. The molecule has 0 aliphatic heterocycles. The Bertz CT molecular complexity index is 588. The second kappa shape index (κ2) is 5.80. The van der Waals surface area contributed by atoms with Crippen LogP contribution in [0.1, 0.15) is 19.9 Å². The molecule has 1 aromatic carbocycles. The van der Waals surface area contributed by atoms with Crippen molar-refractivity contribution in [2.75, 3.05) is 18.6 Å². The molecule has 0 saturated heterocycles. The molecule has 0 amide bonds. The number of rotatable bonds is 5. The largest absolute Gasteiger partial charge is 0.494 e. The third-order valence-corrected chi connectivity index (χ3v) is 4.36. The summed E-state index contributed by atoms with van der Waals surface area (Å²) in [4.78, 5) is 3.25. The zero-order valence-corrected chi connectivity index (χ0v) is 12.5. The van der Waals surface area contributed by atoms with Gasteiger partial charge in [-0.15, -0.1) is 0 Å². The van der Waals surface area contributed by atoms with Crippen molar-refractivity contribution in [3.05, 3.63) is 23.0 Å². The zero-order valence-electron chi connectivity index (χ0n) is 10.9. The number of thioether (sulfide) groups is 1. The Labute approximate surface area is 117 Å². The number of benzene rings is 1. The van der Waals surface area contributed by atoms with Crippen LogP contribution in [0.25, 0.3) is 11.0 Å². The molecule has 2 aromatic rings. The number of imidazole rings is 1. The van der Waals surface area contributed by atoms with E-state index in [1.165, 1.54) is 0 Å². The van der Waals surface area contributed by atoms with Gasteiger partial charge in [0.25, 0.3) is 0 Å². The summed E-state index contributed by atoms with van der Waals surface area (Å²) in [6.07, 6.45) is 0. The molecule has 0 bridgehead atoms. The second-order valence-electron chi connectivity index (χ2n) is 4.16. The number of para-hydroxylation sites is 1. The fourth-order valence-electron chi connectivity index (χ4n) is 2.09. The number of hydrogen-bond acceptors (Lipinski definition) is 3. The quantitative estimate of drug-likeness (QED) is 0.840. The first kappa shape index (κ1) is 13.5. The summed E-state index contributed by atoms with van der Waals surface area (Å²) in [5, 5.41) is 0. The van der Waals surface area contributed by atoms with E-state index in [-0.39, 0.29) is 0 Å². The third-order valence-electron chi connectivity index (χ3n) is 2.94. The highest BCUT2D eigenvalue weighted by Crippen LogP contribution is 2.27. The van der Waals surface area contributed by atoms with Crippen molar-refractivity contribution in [3.63, 3.8) is 0 Å². The molecule has 5 heteroatoms. The van der Waals surface area contributed by atoms with Gasteiger partial charge in [0.1, 0.15) is 11.3 Å². The molecule has 18 heavy (non-hydrogen) atoms. The number of aromatic amines is 1. The Hall–Kier alpha value is -0.940. The molecule has 0 aliphatic carbocycles. The van der Waals surface area contributed by atoms with Crippen LogP contribution in [-0.4, -0.2) is 28.2 Å². The SMILES string of the molecule is CCSCC(C)n1c(=S)[nH]c2c(OC)cccc21. The Morgan fingerprint density at radius 3 is 2.94 bits per heavy atom. The first-order valence-electron chi connectivity index (χ1n) is 6.04. The van der Waals surface area contributed by atoms with Gasteiger partial charge in [-0.25, -0.2) is 0 Å². The normalized spacial score (nSPS) is 12.8. The number of fused-ring (bicyclic) bond motifs is 1. The Morgan fingerprint density at radius 1 is 1.50 bits per heavy atom. The van der Waals surface area contributed by atoms with Crippen molar-refractivity contribution in [1.82, 2.24) is 9.55 Å². The third kappa shape index (κ3) is 2.42. The average molecular weight is 282 g/mol. The van der Waals surface area contributed by atoms with Crippen LogP contribution in [-0.2, 0) is 0 Å². The Kier molecular flexibility index (Phi) is 4.35. The highest BCUT2D eigenvalue weighted by atomic mass is 32.2. The predicted octanol–water partition coefficient (Wildman–Crippen LogP) is 4.02. The number of hydrogen-bond donors (Lipinski definition) is 1. The van der Waals surface area contributed by atoms with Crippen molar-refractivity contribution >= 4 is 35.0 Å². The van der Waals surface area contributed by atoms with Gasteiger partial charge in [0, 0.05) is 11.8 Å². The highest BCUT2D eigenvalue weighted by Gasteiger charge is 2.13. The second-order valence-corrected chi connectivity index (χ2v) is 5.87. The fourth-order valence-corrected chi connectivity index (χ4v) is 3.20. The lowest BCUT2D eigenvalue weighted by Gasteiger charge is -2.13.